The minimum absolute atomic E-state index is 0.0689. The predicted molar refractivity (Wildman–Crippen MR) is 74.8 cm³/mol. The number of nitrogens with zero attached hydrogens (tertiary/aromatic N) is 1. The minimum Gasteiger partial charge on any atom is -0.385 e. The molecule has 1 aromatic rings. The molecule has 0 aliphatic heterocycles. The standard InChI is InChI=1S/C14H23N3O/c1-5-14(3,4)10-17-13(18)11-9-15-8-7-12(11)16-6-2/h7-9H,5-6,10H2,1-4H3,(H,15,16)(H,17,18). The number of hydrogen-bond acceptors (Lipinski definition) is 3. The average molecular weight is 249 g/mol. The molecule has 1 heterocycles. The average Bonchev–Trinajstić information content (AvgIpc) is 2.37. The van der Waals surface area contributed by atoms with E-state index in [1.54, 1.807) is 12.4 Å². The zero-order chi connectivity index (χ0) is 13.6. The summed E-state index contributed by atoms with van der Waals surface area (Å²) in [6.45, 7) is 9.86. The van der Waals surface area contributed by atoms with Crippen LogP contribution in [0.5, 0.6) is 0 Å². The first kappa shape index (κ1) is 14.5. The quantitative estimate of drug-likeness (QED) is 0.815. The van der Waals surface area contributed by atoms with Crippen molar-refractivity contribution in [2.45, 2.75) is 34.1 Å². The van der Waals surface area contributed by atoms with Gasteiger partial charge in [-0.2, -0.15) is 0 Å². The molecule has 1 amide bonds. The number of hydrogen-bond donors (Lipinski definition) is 2. The van der Waals surface area contributed by atoms with Crippen molar-refractivity contribution < 1.29 is 4.79 Å². The molecule has 0 spiro atoms. The molecule has 0 saturated carbocycles. The second-order valence-corrected chi connectivity index (χ2v) is 5.15. The molecule has 0 fully saturated rings. The highest BCUT2D eigenvalue weighted by molar-refractivity contribution is 5.99. The molecule has 0 unspecified atom stereocenters. The van der Waals surface area contributed by atoms with Gasteiger partial charge in [-0.15, -0.1) is 0 Å². The Balaban J connectivity index is 2.72. The molecule has 0 radical (unpaired) electrons. The number of carbonyl (C=O) groups is 1. The van der Waals surface area contributed by atoms with Crippen LogP contribution in [-0.2, 0) is 0 Å². The van der Waals surface area contributed by atoms with Crippen molar-refractivity contribution in [2.75, 3.05) is 18.4 Å². The van der Waals surface area contributed by atoms with Gasteiger partial charge in [-0.25, -0.2) is 0 Å². The van der Waals surface area contributed by atoms with E-state index in [4.69, 9.17) is 0 Å². The lowest BCUT2D eigenvalue weighted by Gasteiger charge is -2.23. The number of carbonyl (C=O) groups excluding carboxylic acids is 1. The molecule has 0 atom stereocenters. The Bertz CT molecular complexity index is 402. The summed E-state index contributed by atoms with van der Waals surface area (Å²) >= 11 is 0. The summed E-state index contributed by atoms with van der Waals surface area (Å²) in [5, 5.41) is 6.14. The Labute approximate surface area is 109 Å². The number of nitrogens with one attached hydrogen (secondary N) is 2. The molecule has 0 aromatic carbocycles. The van der Waals surface area contributed by atoms with Crippen LogP contribution in [-0.4, -0.2) is 24.0 Å². The maximum atomic E-state index is 12.1. The van der Waals surface area contributed by atoms with Crippen LogP contribution in [0.4, 0.5) is 5.69 Å². The largest absolute Gasteiger partial charge is 0.385 e. The fourth-order valence-electron chi connectivity index (χ4n) is 1.46. The van der Waals surface area contributed by atoms with Crippen LogP contribution in [0.2, 0.25) is 0 Å². The van der Waals surface area contributed by atoms with Crippen molar-refractivity contribution >= 4 is 11.6 Å². The van der Waals surface area contributed by atoms with Crippen molar-refractivity contribution in [3.8, 4) is 0 Å². The lowest BCUT2D eigenvalue weighted by molar-refractivity contribution is 0.0936. The molecular formula is C14H23N3O. The Morgan fingerprint density at radius 2 is 2.11 bits per heavy atom. The number of rotatable bonds is 6. The predicted octanol–water partition coefficient (Wildman–Crippen LogP) is 2.68. The normalized spacial score (nSPS) is 11.1. The number of anilines is 1. The molecule has 1 rings (SSSR count). The van der Waals surface area contributed by atoms with Gasteiger partial charge in [0.05, 0.1) is 11.3 Å². The topological polar surface area (TPSA) is 54.0 Å². The first-order valence-electron chi connectivity index (χ1n) is 6.46. The van der Waals surface area contributed by atoms with Gasteiger partial charge in [-0.05, 0) is 24.8 Å². The van der Waals surface area contributed by atoms with Gasteiger partial charge in [0.25, 0.3) is 5.91 Å². The van der Waals surface area contributed by atoms with E-state index in [1.807, 2.05) is 13.0 Å². The van der Waals surface area contributed by atoms with Crippen LogP contribution in [0.3, 0.4) is 0 Å². The fraction of sp³-hybridized carbons (Fsp3) is 0.571. The monoisotopic (exact) mass is 249 g/mol. The van der Waals surface area contributed by atoms with Crippen molar-refractivity contribution in [2.24, 2.45) is 5.41 Å². The Morgan fingerprint density at radius 1 is 1.39 bits per heavy atom. The maximum Gasteiger partial charge on any atom is 0.254 e. The van der Waals surface area contributed by atoms with E-state index in [0.717, 1.165) is 18.7 Å². The highest BCUT2D eigenvalue weighted by Gasteiger charge is 2.18. The smallest absolute Gasteiger partial charge is 0.254 e. The van der Waals surface area contributed by atoms with E-state index in [0.29, 0.717) is 12.1 Å². The van der Waals surface area contributed by atoms with Gasteiger partial charge in [0.15, 0.2) is 0 Å². The summed E-state index contributed by atoms with van der Waals surface area (Å²) in [5.41, 5.74) is 1.56. The summed E-state index contributed by atoms with van der Waals surface area (Å²) < 4.78 is 0. The summed E-state index contributed by atoms with van der Waals surface area (Å²) in [6.07, 6.45) is 4.32. The van der Waals surface area contributed by atoms with Crippen LogP contribution in [0.25, 0.3) is 0 Å². The molecule has 18 heavy (non-hydrogen) atoms. The molecule has 4 nitrogen and oxygen atoms in total. The second-order valence-electron chi connectivity index (χ2n) is 5.15. The van der Waals surface area contributed by atoms with Gasteiger partial charge >= 0.3 is 0 Å². The first-order chi connectivity index (χ1) is 8.50. The molecule has 0 aliphatic carbocycles. The van der Waals surface area contributed by atoms with Gasteiger partial charge in [0, 0.05) is 25.5 Å². The van der Waals surface area contributed by atoms with Crippen molar-refractivity contribution in [3.63, 3.8) is 0 Å². The second kappa shape index (κ2) is 6.38. The Morgan fingerprint density at radius 3 is 2.72 bits per heavy atom. The summed E-state index contributed by atoms with van der Waals surface area (Å²) in [7, 11) is 0. The molecule has 2 N–H and O–H groups in total. The molecule has 100 valence electrons. The third-order valence-corrected chi connectivity index (χ3v) is 3.12. The van der Waals surface area contributed by atoms with Gasteiger partial charge in [0.1, 0.15) is 0 Å². The lowest BCUT2D eigenvalue weighted by atomic mass is 9.90. The van der Waals surface area contributed by atoms with E-state index in [2.05, 4.69) is 36.4 Å². The van der Waals surface area contributed by atoms with Crippen LogP contribution in [0.1, 0.15) is 44.5 Å². The van der Waals surface area contributed by atoms with E-state index in [-0.39, 0.29) is 11.3 Å². The van der Waals surface area contributed by atoms with E-state index in [9.17, 15) is 4.79 Å². The van der Waals surface area contributed by atoms with E-state index >= 15 is 0 Å². The van der Waals surface area contributed by atoms with Gasteiger partial charge in [-0.3, -0.25) is 9.78 Å². The molecule has 0 bridgehead atoms. The van der Waals surface area contributed by atoms with Crippen LogP contribution >= 0.6 is 0 Å². The molecule has 1 aromatic heterocycles. The van der Waals surface area contributed by atoms with Crippen molar-refractivity contribution in [3.05, 3.63) is 24.0 Å². The van der Waals surface area contributed by atoms with E-state index < -0.39 is 0 Å². The third kappa shape index (κ3) is 4.02. The van der Waals surface area contributed by atoms with Gasteiger partial charge in [0.2, 0.25) is 0 Å². The lowest BCUT2D eigenvalue weighted by Crippen LogP contribution is -2.34. The first-order valence-corrected chi connectivity index (χ1v) is 6.46. The molecule has 0 aliphatic rings. The Hall–Kier alpha value is -1.58. The zero-order valence-electron chi connectivity index (χ0n) is 11.7. The van der Waals surface area contributed by atoms with Crippen LogP contribution in [0, 0.1) is 5.41 Å². The summed E-state index contributed by atoms with van der Waals surface area (Å²) in [6, 6.07) is 1.82. The highest BCUT2D eigenvalue weighted by atomic mass is 16.1. The third-order valence-electron chi connectivity index (χ3n) is 3.12. The summed E-state index contributed by atoms with van der Waals surface area (Å²) in [4.78, 5) is 16.1. The maximum absolute atomic E-state index is 12.1. The highest BCUT2D eigenvalue weighted by Crippen LogP contribution is 2.19. The fourth-order valence-corrected chi connectivity index (χ4v) is 1.46. The van der Waals surface area contributed by atoms with Gasteiger partial charge < -0.3 is 10.6 Å². The molecule has 0 saturated heterocycles. The molecular weight excluding hydrogens is 226 g/mol. The van der Waals surface area contributed by atoms with Gasteiger partial charge in [-0.1, -0.05) is 20.8 Å². The summed E-state index contributed by atoms with van der Waals surface area (Å²) in [5.74, 6) is -0.0689. The van der Waals surface area contributed by atoms with E-state index in [1.165, 1.54) is 0 Å². The Kier molecular flexibility index (Phi) is 5.13. The number of amides is 1. The van der Waals surface area contributed by atoms with Crippen LogP contribution < -0.4 is 10.6 Å². The SMILES string of the molecule is CCNc1ccncc1C(=O)NCC(C)(C)CC. The minimum atomic E-state index is -0.0689. The van der Waals surface area contributed by atoms with Crippen LogP contribution in [0.15, 0.2) is 18.5 Å². The van der Waals surface area contributed by atoms with Crippen molar-refractivity contribution in [1.29, 1.82) is 0 Å². The zero-order valence-corrected chi connectivity index (χ0v) is 11.7. The molecule has 4 heteroatoms. The number of pyridine rings is 1. The van der Waals surface area contributed by atoms with Crippen molar-refractivity contribution in [1.82, 2.24) is 10.3 Å². The number of aromatic nitrogens is 1.